The zero-order valence-corrected chi connectivity index (χ0v) is 22.6. The van der Waals surface area contributed by atoms with Gasteiger partial charge in [-0.2, -0.15) is 0 Å². The average molecular weight is 499 g/mol. The van der Waals surface area contributed by atoms with Crippen LogP contribution in [-0.4, -0.2) is 78.2 Å². The maximum absolute atomic E-state index is 12.7. The number of carbonyl (C=O) groups excluding carboxylic acids is 2. The van der Waals surface area contributed by atoms with E-state index in [1.807, 2.05) is 30.6 Å². The SMILES string of the molecule is CC(C)(C)OC(=O)N1CCC(C2CCN(C(=O)NCCc3ccc(CN4CCCC4)cc3)CC2)CC1. The minimum atomic E-state index is -0.445. The molecular weight excluding hydrogens is 452 g/mol. The molecule has 4 rings (SSSR count). The van der Waals surface area contributed by atoms with Gasteiger partial charge in [0.15, 0.2) is 0 Å². The molecule has 200 valence electrons. The van der Waals surface area contributed by atoms with Crippen LogP contribution in [0.4, 0.5) is 9.59 Å². The van der Waals surface area contributed by atoms with Crippen molar-refractivity contribution in [3.05, 3.63) is 35.4 Å². The lowest BCUT2D eigenvalue weighted by Crippen LogP contribution is -2.47. The second-order valence-corrected chi connectivity index (χ2v) is 11.9. The van der Waals surface area contributed by atoms with E-state index in [0.717, 1.165) is 64.8 Å². The van der Waals surface area contributed by atoms with Crippen LogP contribution in [0.25, 0.3) is 0 Å². The molecule has 3 fully saturated rings. The summed E-state index contributed by atoms with van der Waals surface area (Å²) >= 11 is 0. The fraction of sp³-hybridized carbons (Fsp3) is 0.724. The van der Waals surface area contributed by atoms with Gasteiger partial charge in [-0.15, -0.1) is 0 Å². The maximum atomic E-state index is 12.7. The van der Waals surface area contributed by atoms with E-state index in [-0.39, 0.29) is 12.1 Å². The van der Waals surface area contributed by atoms with E-state index in [1.165, 1.54) is 37.1 Å². The second-order valence-electron chi connectivity index (χ2n) is 11.9. The van der Waals surface area contributed by atoms with Crippen molar-refractivity contribution in [1.82, 2.24) is 20.0 Å². The van der Waals surface area contributed by atoms with Gasteiger partial charge in [-0.05, 0) is 102 Å². The van der Waals surface area contributed by atoms with Crippen molar-refractivity contribution < 1.29 is 14.3 Å². The van der Waals surface area contributed by atoms with Crippen molar-refractivity contribution in [3.63, 3.8) is 0 Å². The largest absolute Gasteiger partial charge is 0.444 e. The number of likely N-dealkylation sites (tertiary alicyclic amines) is 3. The minimum absolute atomic E-state index is 0.0684. The van der Waals surface area contributed by atoms with Gasteiger partial charge in [0, 0.05) is 39.3 Å². The van der Waals surface area contributed by atoms with Gasteiger partial charge in [0.25, 0.3) is 0 Å². The van der Waals surface area contributed by atoms with Crippen LogP contribution < -0.4 is 5.32 Å². The van der Waals surface area contributed by atoms with Crippen LogP contribution in [0.2, 0.25) is 0 Å². The van der Waals surface area contributed by atoms with Crippen LogP contribution in [-0.2, 0) is 17.7 Å². The van der Waals surface area contributed by atoms with E-state index in [0.29, 0.717) is 18.4 Å². The molecule has 3 amide bonds. The Kier molecular flexibility index (Phi) is 9.15. The normalized spacial score (nSPS) is 20.5. The molecule has 0 aromatic heterocycles. The number of benzene rings is 1. The van der Waals surface area contributed by atoms with Gasteiger partial charge in [-0.1, -0.05) is 24.3 Å². The first-order valence-electron chi connectivity index (χ1n) is 14.1. The Morgan fingerprint density at radius 2 is 1.36 bits per heavy atom. The number of ether oxygens (including phenoxy) is 1. The van der Waals surface area contributed by atoms with Crippen LogP contribution in [0.15, 0.2) is 24.3 Å². The zero-order valence-electron chi connectivity index (χ0n) is 22.6. The summed E-state index contributed by atoms with van der Waals surface area (Å²) in [5.74, 6) is 1.29. The summed E-state index contributed by atoms with van der Waals surface area (Å²) < 4.78 is 5.52. The molecule has 3 heterocycles. The molecule has 1 aromatic carbocycles. The first kappa shape index (κ1) is 26.8. The Hall–Kier alpha value is -2.28. The van der Waals surface area contributed by atoms with Crippen molar-refractivity contribution in [3.8, 4) is 0 Å². The van der Waals surface area contributed by atoms with Gasteiger partial charge in [0.05, 0.1) is 0 Å². The van der Waals surface area contributed by atoms with Gasteiger partial charge < -0.3 is 19.9 Å². The number of hydrogen-bond donors (Lipinski definition) is 1. The van der Waals surface area contributed by atoms with Crippen LogP contribution >= 0.6 is 0 Å². The predicted molar refractivity (Wildman–Crippen MR) is 143 cm³/mol. The lowest BCUT2D eigenvalue weighted by atomic mass is 9.79. The Balaban J connectivity index is 1.11. The molecule has 7 nitrogen and oxygen atoms in total. The van der Waals surface area contributed by atoms with E-state index >= 15 is 0 Å². The molecule has 0 aliphatic carbocycles. The number of nitrogens with one attached hydrogen (secondary N) is 1. The predicted octanol–water partition coefficient (Wildman–Crippen LogP) is 4.89. The number of rotatable bonds is 6. The van der Waals surface area contributed by atoms with E-state index < -0.39 is 5.60 Å². The molecule has 1 N–H and O–H groups in total. The first-order valence-corrected chi connectivity index (χ1v) is 14.1. The molecule has 36 heavy (non-hydrogen) atoms. The lowest BCUT2D eigenvalue weighted by Gasteiger charge is -2.40. The Labute approximate surface area is 217 Å². The van der Waals surface area contributed by atoms with Crippen molar-refractivity contribution in [1.29, 1.82) is 0 Å². The van der Waals surface area contributed by atoms with Gasteiger partial charge in [0.2, 0.25) is 0 Å². The summed E-state index contributed by atoms with van der Waals surface area (Å²) in [5, 5.41) is 3.13. The van der Waals surface area contributed by atoms with Crippen LogP contribution in [0.1, 0.15) is 70.4 Å². The smallest absolute Gasteiger partial charge is 0.410 e. The van der Waals surface area contributed by atoms with Gasteiger partial charge in [-0.3, -0.25) is 4.90 Å². The highest BCUT2D eigenvalue weighted by Crippen LogP contribution is 2.33. The third kappa shape index (κ3) is 7.86. The zero-order chi connectivity index (χ0) is 25.5. The summed E-state index contributed by atoms with van der Waals surface area (Å²) in [6.45, 7) is 13.1. The molecule has 1 aromatic rings. The molecule has 3 saturated heterocycles. The molecule has 0 unspecified atom stereocenters. The van der Waals surface area contributed by atoms with Gasteiger partial charge >= 0.3 is 12.1 Å². The number of piperidine rings is 2. The molecule has 0 bridgehead atoms. The number of nitrogens with zero attached hydrogens (tertiary/aromatic N) is 3. The molecule has 3 aliphatic heterocycles. The van der Waals surface area contributed by atoms with Crippen LogP contribution in [0.3, 0.4) is 0 Å². The summed E-state index contributed by atoms with van der Waals surface area (Å²) in [7, 11) is 0. The number of urea groups is 1. The molecule has 0 spiro atoms. The Morgan fingerprint density at radius 3 is 1.92 bits per heavy atom. The molecule has 0 atom stereocenters. The van der Waals surface area contributed by atoms with E-state index in [9.17, 15) is 9.59 Å². The monoisotopic (exact) mass is 498 g/mol. The first-order chi connectivity index (χ1) is 17.3. The second kappa shape index (κ2) is 12.3. The average Bonchev–Trinajstić information content (AvgIpc) is 3.37. The van der Waals surface area contributed by atoms with Gasteiger partial charge in [-0.25, -0.2) is 9.59 Å². The number of carbonyl (C=O) groups is 2. The Bertz CT molecular complexity index is 844. The third-order valence-corrected chi connectivity index (χ3v) is 8.00. The Morgan fingerprint density at radius 1 is 0.833 bits per heavy atom. The standard InChI is InChI=1S/C29H46N4O3/c1-29(2,3)36-28(35)33-20-13-26(14-21-33)25-11-18-32(19-12-25)27(34)30-15-10-23-6-8-24(9-7-23)22-31-16-4-5-17-31/h6-9,25-26H,4-5,10-22H2,1-3H3,(H,30,34). The van der Waals surface area contributed by atoms with E-state index in [2.05, 4.69) is 34.5 Å². The maximum Gasteiger partial charge on any atom is 0.410 e. The van der Waals surface area contributed by atoms with Crippen molar-refractivity contribution >= 4 is 12.1 Å². The lowest BCUT2D eigenvalue weighted by molar-refractivity contribution is 0.0140. The van der Waals surface area contributed by atoms with Gasteiger partial charge in [0.1, 0.15) is 5.60 Å². The molecule has 0 saturated carbocycles. The summed E-state index contributed by atoms with van der Waals surface area (Å²) in [5.41, 5.74) is 2.21. The fourth-order valence-corrected chi connectivity index (χ4v) is 5.89. The summed E-state index contributed by atoms with van der Waals surface area (Å²) in [6, 6.07) is 8.95. The molecule has 0 radical (unpaired) electrons. The summed E-state index contributed by atoms with van der Waals surface area (Å²) in [6.07, 6.45) is 7.51. The van der Waals surface area contributed by atoms with Crippen molar-refractivity contribution in [2.45, 2.75) is 77.9 Å². The minimum Gasteiger partial charge on any atom is -0.444 e. The van der Waals surface area contributed by atoms with E-state index in [1.54, 1.807) is 0 Å². The quantitative estimate of drug-likeness (QED) is 0.606. The number of amides is 3. The highest BCUT2D eigenvalue weighted by atomic mass is 16.6. The fourth-order valence-electron chi connectivity index (χ4n) is 5.89. The number of hydrogen-bond acceptors (Lipinski definition) is 4. The van der Waals surface area contributed by atoms with Crippen molar-refractivity contribution in [2.24, 2.45) is 11.8 Å². The highest BCUT2D eigenvalue weighted by molar-refractivity contribution is 5.74. The van der Waals surface area contributed by atoms with Crippen LogP contribution in [0.5, 0.6) is 0 Å². The molecule has 3 aliphatic rings. The van der Waals surface area contributed by atoms with Crippen LogP contribution in [0, 0.1) is 11.8 Å². The topological polar surface area (TPSA) is 65.1 Å². The summed E-state index contributed by atoms with van der Waals surface area (Å²) in [4.78, 5) is 31.4. The van der Waals surface area contributed by atoms with Crippen molar-refractivity contribution in [2.75, 3.05) is 45.8 Å². The van der Waals surface area contributed by atoms with E-state index in [4.69, 9.17) is 4.74 Å². The molecular formula is C29H46N4O3. The molecule has 7 heteroatoms. The highest BCUT2D eigenvalue weighted by Gasteiger charge is 2.33. The third-order valence-electron chi connectivity index (χ3n) is 8.00.